The molecule has 0 bridgehead atoms. The Morgan fingerprint density at radius 2 is 2.23 bits per heavy atom. The van der Waals surface area contributed by atoms with E-state index in [0.717, 1.165) is 11.5 Å². The molecule has 1 aromatic rings. The van der Waals surface area contributed by atoms with Gasteiger partial charge >= 0.3 is 0 Å². The number of hydrogen-bond donors (Lipinski definition) is 2. The molecular weight excluding hydrogens is 168 g/mol. The fraction of sp³-hybridized carbons (Fsp3) is 0.667. The van der Waals surface area contributed by atoms with Gasteiger partial charge < -0.3 is 14.8 Å². The molecule has 0 fully saturated rings. The standard InChI is InChI=1S/C9H16N2O2/c1-6(5-12)10-4-9-11-7(2)8(3)13-9/h6,10,12H,4-5H2,1-3H3. The van der Waals surface area contributed by atoms with Crippen LogP contribution >= 0.6 is 0 Å². The molecule has 0 saturated heterocycles. The molecule has 0 radical (unpaired) electrons. The Balaban J connectivity index is 2.45. The minimum atomic E-state index is 0.0764. The van der Waals surface area contributed by atoms with Crippen molar-refractivity contribution >= 4 is 0 Å². The number of aromatic nitrogens is 1. The molecule has 1 unspecified atom stereocenters. The summed E-state index contributed by atoms with van der Waals surface area (Å²) >= 11 is 0. The van der Waals surface area contributed by atoms with E-state index < -0.39 is 0 Å². The maximum atomic E-state index is 8.76. The molecule has 0 saturated carbocycles. The van der Waals surface area contributed by atoms with Crippen molar-refractivity contribution in [3.05, 3.63) is 17.3 Å². The summed E-state index contributed by atoms with van der Waals surface area (Å²) in [6.07, 6.45) is 0. The highest BCUT2D eigenvalue weighted by molar-refractivity contribution is 5.05. The van der Waals surface area contributed by atoms with Gasteiger partial charge in [-0.2, -0.15) is 0 Å². The summed E-state index contributed by atoms with van der Waals surface area (Å²) in [6, 6.07) is 0.0764. The van der Waals surface area contributed by atoms with Crippen molar-refractivity contribution in [2.45, 2.75) is 33.4 Å². The Hall–Kier alpha value is -0.870. The topological polar surface area (TPSA) is 58.3 Å². The van der Waals surface area contributed by atoms with Gasteiger partial charge in [0.2, 0.25) is 5.89 Å². The molecule has 74 valence electrons. The second-order valence-corrected chi connectivity index (χ2v) is 3.21. The van der Waals surface area contributed by atoms with E-state index in [4.69, 9.17) is 9.52 Å². The molecule has 1 aromatic heterocycles. The van der Waals surface area contributed by atoms with Crippen molar-refractivity contribution in [2.75, 3.05) is 6.61 Å². The van der Waals surface area contributed by atoms with E-state index in [1.807, 2.05) is 20.8 Å². The van der Waals surface area contributed by atoms with Gasteiger partial charge in [-0.1, -0.05) is 0 Å². The van der Waals surface area contributed by atoms with Gasteiger partial charge in [-0.05, 0) is 20.8 Å². The first kappa shape index (κ1) is 10.2. The lowest BCUT2D eigenvalue weighted by molar-refractivity contribution is 0.247. The van der Waals surface area contributed by atoms with E-state index in [9.17, 15) is 0 Å². The molecule has 0 aliphatic heterocycles. The first-order valence-electron chi connectivity index (χ1n) is 4.40. The zero-order valence-corrected chi connectivity index (χ0v) is 8.29. The Labute approximate surface area is 78.0 Å². The Morgan fingerprint density at radius 1 is 1.54 bits per heavy atom. The highest BCUT2D eigenvalue weighted by atomic mass is 16.4. The predicted octanol–water partition coefficient (Wildman–Crippen LogP) is 0.762. The smallest absolute Gasteiger partial charge is 0.208 e. The van der Waals surface area contributed by atoms with Crippen LogP contribution < -0.4 is 5.32 Å². The van der Waals surface area contributed by atoms with E-state index in [1.165, 1.54) is 0 Å². The van der Waals surface area contributed by atoms with E-state index in [0.29, 0.717) is 12.4 Å². The third kappa shape index (κ3) is 2.82. The summed E-state index contributed by atoms with van der Waals surface area (Å²) < 4.78 is 5.35. The van der Waals surface area contributed by atoms with Gasteiger partial charge in [0.05, 0.1) is 18.8 Å². The fourth-order valence-corrected chi connectivity index (χ4v) is 0.941. The third-order valence-electron chi connectivity index (χ3n) is 1.95. The summed E-state index contributed by atoms with van der Waals surface area (Å²) in [4.78, 5) is 4.21. The SMILES string of the molecule is Cc1nc(CNC(C)CO)oc1C. The Morgan fingerprint density at radius 3 is 2.69 bits per heavy atom. The van der Waals surface area contributed by atoms with Gasteiger partial charge in [-0.3, -0.25) is 0 Å². The van der Waals surface area contributed by atoms with Gasteiger partial charge in [0, 0.05) is 6.04 Å². The molecule has 0 spiro atoms. The van der Waals surface area contributed by atoms with Gasteiger partial charge in [-0.25, -0.2) is 4.98 Å². The number of nitrogens with one attached hydrogen (secondary N) is 1. The number of nitrogens with zero attached hydrogens (tertiary/aromatic N) is 1. The van der Waals surface area contributed by atoms with Gasteiger partial charge in [-0.15, -0.1) is 0 Å². The largest absolute Gasteiger partial charge is 0.444 e. The van der Waals surface area contributed by atoms with Gasteiger partial charge in [0.25, 0.3) is 0 Å². The summed E-state index contributed by atoms with van der Waals surface area (Å²) in [5, 5.41) is 11.8. The molecule has 1 heterocycles. The van der Waals surface area contributed by atoms with Crippen LogP contribution in [0.5, 0.6) is 0 Å². The molecule has 0 aliphatic rings. The molecule has 4 nitrogen and oxygen atoms in total. The maximum absolute atomic E-state index is 8.76. The van der Waals surface area contributed by atoms with Crippen molar-refractivity contribution in [2.24, 2.45) is 0 Å². The van der Waals surface area contributed by atoms with Crippen LogP contribution in [-0.2, 0) is 6.54 Å². The molecule has 0 aromatic carbocycles. The van der Waals surface area contributed by atoms with Gasteiger partial charge in [0.1, 0.15) is 5.76 Å². The van der Waals surface area contributed by atoms with E-state index in [2.05, 4.69) is 10.3 Å². The van der Waals surface area contributed by atoms with Gasteiger partial charge in [0.15, 0.2) is 0 Å². The van der Waals surface area contributed by atoms with Crippen LogP contribution in [-0.4, -0.2) is 22.7 Å². The van der Waals surface area contributed by atoms with Crippen molar-refractivity contribution in [3.8, 4) is 0 Å². The lowest BCUT2D eigenvalue weighted by Crippen LogP contribution is -2.28. The fourth-order valence-electron chi connectivity index (χ4n) is 0.941. The average Bonchev–Trinajstić information content (AvgIpc) is 2.42. The lowest BCUT2D eigenvalue weighted by Gasteiger charge is -2.07. The molecule has 0 amide bonds. The molecule has 1 atom stereocenters. The summed E-state index contributed by atoms with van der Waals surface area (Å²) in [5.41, 5.74) is 0.924. The van der Waals surface area contributed by atoms with Crippen molar-refractivity contribution in [3.63, 3.8) is 0 Å². The third-order valence-corrected chi connectivity index (χ3v) is 1.95. The van der Waals surface area contributed by atoms with Crippen LogP contribution in [0.1, 0.15) is 24.3 Å². The van der Waals surface area contributed by atoms with Crippen LogP contribution in [0, 0.1) is 13.8 Å². The average molecular weight is 184 g/mol. The summed E-state index contributed by atoms with van der Waals surface area (Å²) in [6.45, 7) is 6.40. The number of aliphatic hydroxyl groups excluding tert-OH is 1. The first-order valence-corrected chi connectivity index (χ1v) is 4.40. The zero-order chi connectivity index (χ0) is 9.84. The van der Waals surface area contributed by atoms with E-state index in [1.54, 1.807) is 0 Å². The van der Waals surface area contributed by atoms with Crippen molar-refractivity contribution in [1.29, 1.82) is 0 Å². The monoisotopic (exact) mass is 184 g/mol. The Kier molecular flexibility index (Phi) is 3.45. The van der Waals surface area contributed by atoms with Crippen LogP contribution in [0.2, 0.25) is 0 Å². The maximum Gasteiger partial charge on any atom is 0.208 e. The molecule has 4 heteroatoms. The molecule has 0 aliphatic carbocycles. The normalized spacial score (nSPS) is 13.2. The second kappa shape index (κ2) is 4.39. The number of aliphatic hydroxyl groups is 1. The number of oxazole rings is 1. The first-order chi connectivity index (χ1) is 6.13. The van der Waals surface area contributed by atoms with Crippen LogP contribution in [0.3, 0.4) is 0 Å². The van der Waals surface area contributed by atoms with Crippen LogP contribution in [0.15, 0.2) is 4.42 Å². The molecule has 1 rings (SSSR count). The minimum absolute atomic E-state index is 0.0764. The summed E-state index contributed by atoms with van der Waals surface area (Å²) in [5.74, 6) is 1.53. The molecular formula is C9H16N2O2. The molecule has 13 heavy (non-hydrogen) atoms. The van der Waals surface area contributed by atoms with E-state index >= 15 is 0 Å². The summed E-state index contributed by atoms with van der Waals surface area (Å²) in [7, 11) is 0. The van der Waals surface area contributed by atoms with Crippen molar-refractivity contribution < 1.29 is 9.52 Å². The highest BCUT2D eigenvalue weighted by Crippen LogP contribution is 2.07. The highest BCUT2D eigenvalue weighted by Gasteiger charge is 2.06. The number of aryl methyl sites for hydroxylation is 2. The minimum Gasteiger partial charge on any atom is -0.444 e. The quantitative estimate of drug-likeness (QED) is 0.725. The van der Waals surface area contributed by atoms with Crippen LogP contribution in [0.25, 0.3) is 0 Å². The Bertz CT molecular complexity index is 251. The molecule has 2 N–H and O–H groups in total. The number of rotatable bonds is 4. The zero-order valence-electron chi connectivity index (χ0n) is 8.29. The van der Waals surface area contributed by atoms with E-state index in [-0.39, 0.29) is 12.6 Å². The lowest BCUT2D eigenvalue weighted by atomic mass is 10.3. The van der Waals surface area contributed by atoms with Crippen LogP contribution in [0.4, 0.5) is 0 Å². The number of hydrogen-bond acceptors (Lipinski definition) is 4. The second-order valence-electron chi connectivity index (χ2n) is 3.21. The predicted molar refractivity (Wildman–Crippen MR) is 49.4 cm³/mol. The van der Waals surface area contributed by atoms with Crippen molar-refractivity contribution in [1.82, 2.24) is 10.3 Å².